The molecule has 1 aromatic carbocycles. The number of nitrogens with one attached hydrogen (secondary N) is 1. The number of nitrogens with zero attached hydrogens (tertiary/aromatic N) is 3. The summed E-state index contributed by atoms with van der Waals surface area (Å²) in [6.45, 7) is 1.18. The number of rotatable bonds is 6. The van der Waals surface area contributed by atoms with Crippen LogP contribution in [0.25, 0.3) is 0 Å². The topological polar surface area (TPSA) is 155 Å². The third kappa shape index (κ3) is 5.01. The van der Waals surface area contributed by atoms with Gasteiger partial charge in [0.2, 0.25) is 0 Å². The molecule has 154 valence electrons. The number of anilines is 1. The van der Waals surface area contributed by atoms with Crippen molar-refractivity contribution in [2.75, 3.05) is 11.9 Å². The SMILES string of the molecule is CCOC(=O)c1sc(NC(=O)c2cc([N+](=O)[O-])cc([N+](=O)[O-])c2)nc1C(F)(F)F. The molecule has 0 atom stereocenters. The zero-order chi connectivity index (χ0) is 21.9. The lowest BCUT2D eigenvalue weighted by Gasteiger charge is -2.05. The van der Waals surface area contributed by atoms with Gasteiger partial charge in [0.15, 0.2) is 10.8 Å². The number of hydrogen-bond donors (Lipinski definition) is 1. The Morgan fingerprint density at radius 1 is 1.17 bits per heavy atom. The van der Waals surface area contributed by atoms with Crippen LogP contribution in [0.5, 0.6) is 0 Å². The van der Waals surface area contributed by atoms with Crippen molar-refractivity contribution < 1.29 is 37.3 Å². The highest BCUT2D eigenvalue weighted by Crippen LogP contribution is 2.36. The van der Waals surface area contributed by atoms with E-state index in [0.717, 1.165) is 0 Å². The van der Waals surface area contributed by atoms with E-state index in [1.807, 2.05) is 5.32 Å². The first kappa shape index (κ1) is 21.7. The van der Waals surface area contributed by atoms with E-state index >= 15 is 0 Å². The average Bonchev–Trinajstić information content (AvgIpc) is 3.05. The molecule has 1 amide bonds. The summed E-state index contributed by atoms with van der Waals surface area (Å²) in [4.78, 5) is 46.0. The molecule has 2 aromatic rings. The van der Waals surface area contributed by atoms with E-state index in [2.05, 4.69) is 9.72 Å². The predicted octanol–water partition coefficient (Wildman–Crippen LogP) is 3.41. The number of non-ortho nitro benzene ring substituents is 2. The molecule has 0 aliphatic carbocycles. The van der Waals surface area contributed by atoms with Gasteiger partial charge in [-0.3, -0.25) is 30.3 Å². The van der Waals surface area contributed by atoms with Crippen molar-refractivity contribution in [2.24, 2.45) is 0 Å². The van der Waals surface area contributed by atoms with Crippen LogP contribution in [0.4, 0.5) is 29.7 Å². The van der Waals surface area contributed by atoms with Crippen LogP contribution in [0.1, 0.15) is 32.6 Å². The second-order valence-electron chi connectivity index (χ2n) is 5.12. The number of thiazole rings is 1. The van der Waals surface area contributed by atoms with Crippen molar-refractivity contribution in [3.05, 3.63) is 54.6 Å². The minimum absolute atomic E-state index is 0.173. The predicted molar refractivity (Wildman–Crippen MR) is 90.8 cm³/mol. The minimum Gasteiger partial charge on any atom is -0.462 e. The molecule has 11 nitrogen and oxygen atoms in total. The quantitative estimate of drug-likeness (QED) is 0.412. The summed E-state index contributed by atoms with van der Waals surface area (Å²) in [5.74, 6) is -2.50. The molecule has 0 radical (unpaired) electrons. The molecular weight excluding hydrogens is 425 g/mol. The maximum atomic E-state index is 13.1. The van der Waals surface area contributed by atoms with Gasteiger partial charge in [0.25, 0.3) is 17.3 Å². The van der Waals surface area contributed by atoms with Gasteiger partial charge < -0.3 is 4.74 Å². The van der Waals surface area contributed by atoms with Crippen LogP contribution in [0.3, 0.4) is 0 Å². The van der Waals surface area contributed by atoms with Gasteiger partial charge in [-0.15, -0.1) is 0 Å². The monoisotopic (exact) mass is 434 g/mol. The maximum absolute atomic E-state index is 13.1. The van der Waals surface area contributed by atoms with Crippen molar-refractivity contribution >= 4 is 39.7 Å². The van der Waals surface area contributed by atoms with Gasteiger partial charge in [-0.1, -0.05) is 11.3 Å². The number of nitro benzene ring substituents is 2. The second kappa shape index (κ2) is 8.17. The molecule has 1 heterocycles. The summed E-state index contributed by atoms with van der Waals surface area (Å²) in [7, 11) is 0. The van der Waals surface area contributed by atoms with E-state index in [-0.39, 0.29) is 17.9 Å². The van der Waals surface area contributed by atoms with Crippen LogP contribution in [0.2, 0.25) is 0 Å². The van der Waals surface area contributed by atoms with Crippen LogP contribution in [-0.4, -0.2) is 33.3 Å². The van der Waals surface area contributed by atoms with Gasteiger partial charge >= 0.3 is 12.1 Å². The van der Waals surface area contributed by atoms with Crippen molar-refractivity contribution in [1.29, 1.82) is 0 Å². The third-order valence-corrected chi connectivity index (χ3v) is 4.11. The van der Waals surface area contributed by atoms with Gasteiger partial charge in [0.05, 0.1) is 28.1 Å². The molecule has 0 unspecified atom stereocenters. The first-order valence-corrected chi connectivity index (χ1v) is 8.26. The zero-order valence-corrected chi connectivity index (χ0v) is 15.0. The molecule has 0 saturated carbocycles. The standard InChI is InChI=1S/C14H9F3N4O7S/c1-2-28-12(23)9-10(14(15,16)17)18-13(29-9)19-11(22)6-3-7(20(24)25)5-8(4-6)21(26)27/h3-5H,2H2,1H3,(H,18,19,22). The third-order valence-electron chi connectivity index (χ3n) is 3.16. The number of alkyl halides is 3. The number of nitro groups is 2. The summed E-state index contributed by atoms with van der Waals surface area (Å²) in [5.41, 5.74) is -3.69. The Morgan fingerprint density at radius 3 is 2.17 bits per heavy atom. The highest BCUT2D eigenvalue weighted by atomic mass is 32.1. The number of ether oxygens (including phenoxy) is 1. The van der Waals surface area contributed by atoms with Gasteiger partial charge in [-0.25, -0.2) is 9.78 Å². The largest absolute Gasteiger partial charge is 0.462 e. The van der Waals surface area contributed by atoms with Crippen LogP contribution in [-0.2, 0) is 10.9 Å². The van der Waals surface area contributed by atoms with Crippen molar-refractivity contribution in [1.82, 2.24) is 4.98 Å². The molecule has 0 fully saturated rings. The molecule has 29 heavy (non-hydrogen) atoms. The lowest BCUT2D eigenvalue weighted by Crippen LogP contribution is -2.14. The number of halogens is 3. The van der Waals surface area contributed by atoms with Gasteiger partial charge in [-0.05, 0) is 6.92 Å². The Bertz CT molecular complexity index is 973. The van der Waals surface area contributed by atoms with Gasteiger partial charge in [-0.2, -0.15) is 13.2 Å². The van der Waals surface area contributed by atoms with Gasteiger partial charge in [0.1, 0.15) is 4.88 Å². The fourth-order valence-electron chi connectivity index (χ4n) is 2.01. The smallest absolute Gasteiger partial charge is 0.435 e. The summed E-state index contributed by atoms with van der Waals surface area (Å²) in [5, 5.41) is 23.0. The van der Waals surface area contributed by atoms with E-state index < -0.39 is 60.5 Å². The zero-order valence-electron chi connectivity index (χ0n) is 14.2. The number of esters is 1. The molecule has 2 rings (SSSR count). The van der Waals surface area contributed by atoms with Crippen LogP contribution >= 0.6 is 11.3 Å². The minimum atomic E-state index is -5.02. The average molecular weight is 434 g/mol. The first-order chi connectivity index (χ1) is 13.4. The van der Waals surface area contributed by atoms with E-state index in [1.54, 1.807) is 0 Å². The van der Waals surface area contributed by atoms with Crippen LogP contribution in [0.15, 0.2) is 18.2 Å². The normalized spacial score (nSPS) is 11.0. The van der Waals surface area contributed by atoms with Crippen LogP contribution in [0, 0.1) is 20.2 Å². The fourth-order valence-corrected chi connectivity index (χ4v) is 2.88. The molecule has 0 bridgehead atoms. The lowest BCUT2D eigenvalue weighted by molar-refractivity contribution is -0.394. The van der Waals surface area contributed by atoms with Crippen molar-refractivity contribution in [2.45, 2.75) is 13.1 Å². The number of carbonyl (C=O) groups excluding carboxylic acids is 2. The van der Waals surface area contributed by atoms with Gasteiger partial charge in [0, 0.05) is 12.1 Å². The van der Waals surface area contributed by atoms with E-state index in [0.29, 0.717) is 18.2 Å². The Hall–Kier alpha value is -3.62. The summed E-state index contributed by atoms with van der Waals surface area (Å²) < 4.78 is 43.8. The van der Waals surface area contributed by atoms with Crippen LogP contribution < -0.4 is 5.32 Å². The number of hydrogen-bond acceptors (Lipinski definition) is 9. The number of amides is 1. The molecule has 0 saturated heterocycles. The molecule has 0 aliphatic rings. The summed E-state index contributed by atoms with van der Waals surface area (Å²) in [6.07, 6.45) is -5.02. The summed E-state index contributed by atoms with van der Waals surface area (Å²) >= 11 is 0.173. The first-order valence-electron chi connectivity index (χ1n) is 7.44. The molecular formula is C14H9F3N4O7S. The number of carbonyl (C=O) groups is 2. The molecule has 1 N–H and O–H groups in total. The molecule has 15 heteroatoms. The molecule has 0 spiro atoms. The maximum Gasteiger partial charge on any atom is 0.435 e. The van der Waals surface area contributed by atoms with E-state index in [1.165, 1.54) is 6.92 Å². The number of aromatic nitrogens is 1. The Kier molecular flexibility index (Phi) is 6.11. The van der Waals surface area contributed by atoms with Crippen molar-refractivity contribution in [3.63, 3.8) is 0 Å². The molecule has 1 aromatic heterocycles. The second-order valence-corrected chi connectivity index (χ2v) is 6.12. The fraction of sp³-hybridized carbons (Fsp3) is 0.214. The molecule has 0 aliphatic heterocycles. The highest BCUT2D eigenvalue weighted by Gasteiger charge is 2.40. The summed E-state index contributed by atoms with van der Waals surface area (Å²) in [6, 6.07) is 2.01. The van der Waals surface area contributed by atoms with E-state index in [4.69, 9.17) is 0 Å². The highest BCUT2D eigenvalue weighted by molar-refractivity contribution is 7.17. The number of benzene rings is 1. The van der Waals surface area contributed by atoms with Crippen molar-refractivity contribution in [3.8, 4) is 0 Å². The Balaban J connectivity index is 2.42. The lowest BCUT2D eigenvalue weighted by atomic mass is 10.1. The Morgan fingerprint density at radius 2 is 1.72 bits per heavy atom. The van der Waals surface area contributed by atoms with E-state index in [9.17, 15) is 43.0 Å². The Labute approximate surface area is 162 Å².